The number of benzene rings is 1. The summed E-state index contributed by atoms with van der Waals surface area (Å²) in [5.74, 6) is -0.907. The number of H-pyrrole nitrogens is 2. The number of anilines is 1. The molecule has 3 aromatic heterocycles. The molecule has 0 saturated carbocycles. The SMILES string of the molecule is CC(C)c1cc(C(=O)NCC(=O)Nc2cccc3c(=O)[nH][nH]c(=O)c23)c2cnn(C(C)C)c2n1. The normalized spacial score (nSPS) is 11.5. The van der Waals surface area contributed by atoms with Crippen molar-refractivity contribution in [2.75, 3.05) is 11.9 Å². The van der Waals surface area contributed by atoms with Crippen LogP contribution in [0, 0.1) is 0 Å². The molecule has 0 saturated heterocycles. The van der Waals surface area contributed by atoms with Gasteiger partial charge in [0.05, 0.1) is 40.2 Å². The summed E-state index contributed by atoms with van der Waals surface area (Å²) in [6, 6.07) is 6.32. The van der Waals surface area contributed by atoms with Gasteiger partial charge in [-0.05, 0) is 38.0 Å². The Morgan fingerprint density at radius 1 is 1.06 bits per heavy atom. The number of pyridine rings is 1. The quantitative estimate of drug-likeness (QED) is 0.343. The first kappa shape index (κ1) is 22.9. The third-order valence-corrected chi connectivity index (χ3v) is 5.42. The Morgan fingerprint density at radius 2 is 1.79 bits per heavy atom. The lowest BCUT2D eigenvalue weighted by molar-refractivity contribution is -0.115. The van der Waals surface area contributed by atoms with Crippen molar-refractivity contribution < 1.29 is 9.59 Å². The predicted octanol–water partition coefficient (Wildman–Crippen LogP) is 2.03. The molecule has 0 aliphatic heterocycles. The van der Waals surface area contributed by atoms with E-state index in [9.17, 15) is 19.2 Å². The van der Waals surface area contributed by atoms with Crippen LogP contribution in [0.1, 0.15) is 55.7 Å². The number of aromatic nitrogens is 5. The van der Waals surface area contributed by atoms with E-state index >= 15 is 0 Å². The summed E-state index contributed by atoms with van der Waals surface area (Å²) in [4.78, 5) is 54.4. The summed E-state index contributed by atoms with van der Waals surface area (Å²) >= 11 is 0. The number of nitrogens with zero attached hydrogens (tertiary/aromatic N) is 3. The molecule has 0 aliphatic carbocycles. The van der Waals surface area contributed by atoms with Crippen molar-refractivity contribution >= 4 is 39.3 Å². The van der Waals surface area contributed by atoms with Crippen LogP contribution >= 0.6 is 0 Å². The van der Waals surface area contributed by atoms with Gasteiger partial charge in [0.2, 0.25) is 5.91 Å². The standard InChI is InChI=1S/C23H25N7O4/c1-11(2)17-8-14(15-9-25-30(12(3)4)20(15)27-17)21(32)24-10-18(31)26-16-7-5-6-13-19(16)23(34)29-28-22(13)33/h5-9,11-12H,10H2,1-4H3,(H,24,32)(H,26,31)(H,28,33)(H,29,34). The molecular weight excluding hydrogens is 438 g/mol. The number of carbonyl (C=O) groups is 2. The minimum absolute atomic E-state index is 0.0597. The first-order valence-corrected chi connectivity index (χ1v) is 10.9. The second kappa shape index (κ2) is 8.93. The number of fused-ring (bicyclic) bond motifs is 2. The van der Waals surface area contributed by atoms with Gasteiger partial charge in [-0.1, -0.05) is 19.9 Å². The Hall–Kier alpha value is -4.28. The molecule has 34 heavy (non-hydrogen) atoms. The molecule has 2 amide bonds. The van der Waals surface area contributed by atoms with Crippen LogP contribution in [-0.4, -0.2) is 43.3 Å². The number of hydrogen-bond acceptors (Lipinski definition) is 6. The van der Waals surface area contributed by atoms with Gasteiger partial charge >= 0.3 is 0 Å². The number of hydrogen-bond donors (Lipinski definition) is 4. The zero-order valence-electron chi connectivity index (χ0n) is 19.2. The first-order valence-electron chi connectivity index (χ1n) is 10.9. The lowest BCUT2D eigenvalue weighted by Crippen LogP contribution is -2.33. The fourth-order valence-corrected chi connectivity index (χ4v) is 3.68. The molecule has 0 aliphatic rings. The number of carbonyl (C=O) groups excluding carboxylic acids is 2. The van der Waals surface area contributed by atoms with Crippen molar-refractivity contribution in [2.24, 2.45) is 0 Å². The Kier molecular flexibility index (Phi) is 6.01. The Morgan fingerprint density at radius 3 is 2.50 bits per heavy atom. The highest BCUT2D eigenvalue weighted by molar-refractivity contribution is 6.08. The average Bonchev–Trinajstić information content (AvgIpc) is 3.23. The van der Waals surface area contributed by atoms with Gasteiger partial charge in [0.1, 0.15) is 0 Å². The zero-order valence-corrected chi connectivity index (χ0v) is 19.2. The van der Waals surface area contributed by atoms with E-state index in [4.69, 9.17) is 0 Å². The van der Waals surface area contributed by atoms with Crippen molar-refractivity contribution in [1.82, 2.24) is 30.3 Å². The topological polar surface area (TPSA) is 155 Å². The zero-order chi connectivity index (χ0) is 24.6. The van der Waals surface area contributed by atoms with Crippen molar-refractivity contribution in [3.8, 4) is 0 Å². The van der Waals surface area contributed by atoms with E-state index < -0.39 is 22.9 Å². The molecule has 11 nitrogen and oxygen atoms in total. The molecule has 0 fully saturated rings. The van der Waals surface area contributed by atoms with Crippen LogP contribution in [0.25, 0.3) is 21.8 Å². The van der Waals surface area contributed by atoms with Crippen LogP contribution in [0.5, 0.6) is 0 Å². The highest BCUT2D eigenvalue weighted by Gasteiger charge is 2.20. The molecule has 4 aromatic rings. The summed E-state index contributed by atoms with van der Waals surface area (Å²) in [6.07, 6.45) is 1.60. The van der Waals surface area contributed by atoms with E-state index in [1.54, 1.807) is 23.0 Å². The maximum absolute atomic E-state index is 13.0. The molecule has 4 rings (SSSR count). The van der Waals surface area contributed by atoms with Crippen LogP contribution in [0.15, 0.2) is 40.1 Å². The molecule has 3 heterocycles. The van der Waals surface area contributed by atoms with Crippen molar-refractivity contribution in [1.29, 1.82) is 0 Å². The average molecular weight is 463 g/mol. The van der Waals surface area contributed by atoms with E-state index in [2.05, 4.69) is 30.9 Å². The molecule has 0 spiro atoms. The van der Waals surface area contributed by atoms with Crippen LogP contribution < -0.4 is 21.8 Å². The van der Waals surface area contributed by atoms with E-state index in [0.29, 0.717) is 16.6 Å². The molecule has 176 valence electrons. The first-order chi connectivity index (χ1) is 16.2. The minimum Gasteiger partial charge on any atom is -0.343 e. The molecule has 0 bridgehead atoms. The van der Waals surface area contributed by atoms with Crippen LogP contribution in [0.2, 0.25) is 0 Å². The largest absolute Gasteiger partial charge is 0.343 e. The van der Waals surface area contributed by atoms with Gasteiger partial charge in [-0.3, -0.25) is 29.4 Å². The van der Waals surface area contributed by atoms with E-state index in [1.807, 2.05) is 27.7 Å². The monoisotopic (exact) mass is 463 g/mol. The molecule has 11 heteroatoms. The molecule has 1 aromatic carbocycles. The maximum atomic E-state index is 13.0. The van der Waals surface area contributed by atoms with E-state index in [0.717, 1.165) is 5.69 Å². The number of amides is 2. The van der Waals surface area contributed by atoms with Gasteiger partial charge in [-0.2, -0.15) is 5.10 Å². The maximum Gasteiger partial charge on any atom is 0.272 e. The minimum atomic E-state index is -0.548. The third-order valence-electron chi connectivity index (χ3n) is 5.42. The Bertz CT molecular complexity index is 1530. The van der Waals surface area contributed by atoms with E-state index in [1.165, 1.54) is 12.1 Å². The molecular formula is C23H25N7O4. The van der Waals surface area contributed by atoms with Gasteiger partial charge < -0.3 is 10.6 Å². The van der Waals surface area contributed by atoms with Crippen LogP contribution in [0.4, 0.5) is 5.69 Å². The number of nitrogens with one attached hydrogen (secondary N) is 4. The second-order valence-electron chi connectivity index (χ2n) is 8.54. The smallest absolute Gasteiger partial charge is 0.272 e. The fraction of sp³-hybridized carbons (Fsp3) is 0.304. The lowest BCUT2D eigenvalue weighted by atomic mass is 10.0. The highest BCUT2D eigenvalue weighted by atomic mass is 16.2. The van der Waals surface area contributed by atoms with Crippen LogP contribution in [0.3, 0.4) is 0 Å². The summed E-state index contributed by atoms with van der Waals surface area (Å²) in [6.45, 7) is 7.58. The number of rotatable bonds is 6. The molecule has 0 radical (unpaired) electrons. The lowest BCUT2D eigenvalue weighted by Gasteiger charge is -2.12. The third kappa shape index (κ3) is 4.19. The summed E-state index contributed by atoms with van der Waals surface area (Å²) in [7, 11) is 0. The Balaban J connectivity index is 1.57. The van der Waals surface area contributed by atoms with Gasteiger partial charge in [-0.15, -0.1) is 0 Å². The fourth-order valence-electron chi connectivity index (χ4n) is 3.68. The molecule has 0 atom stereocenters. The predicted molar refractivity (Wildman–Crippen MR) is 128 cm³/mol. The molecule has 0 unspecified atom stereocenters. The van der Waals surface area contributed by atoms with Gasteiger partial charge in [0.25, 0.3) is 17.0 Å². The van der Waals surface area contributed by atoms with Crippen LogP contribution in [-0.2, 0) is 4.79 Å². The number of aromatic amines is 2. The summed E-state index contributed by atoms with van der Waals surface area (Å²) < 4.78 is 1.75. The Labute approximate surface area is 193 Å². The summed E-state index contributed by atoms with van der Waals surface area (Å²) in [5, 5.41) is 14.9. The van der Waals surface area contributed by atoms with Crippen molar-refractivity contribution in [3.05, 3.63) is 62.4 Å². The summed E-state index contributed by atoms with van der Waals surface area (Å²) in [5.41, 5.74) is 0.874. The van der Waals surface area contributed by atoms with Gasteiger partial charge in [0.15, 0.2) is 5.65 Å². The highest BCUT2D eigenvalue weighted by Crippen LogP contribution is 2.24. The van der Waals surface area contributed by atoms with Gasteiger partial charge in [-0.25, -0.2) is 9.67 Å². The van der Waals surface area contributed by atoms with Crippen molar-refractivity contribution in [3.63, 3.8) is 0 Å². The van der Waals surface area contributed by atoms with E-state index in [-0.39, 0.29) is 35.0 Å². The second-order valence-corrected chi connectivity index (χ2v) is 8.54. The van der Waals surface area contributed by atoms with Crippen molar-refractivity contribution in [2.45, 2.75) is 39.7 Å². The van der Waals surface area contributed by atoms with Gasteiger partial charge in [0, 0.05) is 11.7 Å². The molecule has 4 N–H and O–H groups in total.